The maximum Gasteiger partial charge on any atom is 0.222 e. The molecule has 2 saturated heterocycles. The van der Waals surface area contributed by atoms with Crippen LogP contribution in [0.3, 0.4) is 0 Å². The molecule has 0 aromatic rings. The number of carbonyl (C=O) groups is 1. The molecule has 1 unspecified atom stereocenters. The second-order valence-corrected chi connectivity index (χ2v) is 5.53. The van der Waals surface area contributed by atoms with Crippen molar-refractivity contribution in [1.29, 1.82) is 0 Å². The van der Waals surface area contributed by atoms with Crippen molar-refractivity contribution in [2.24, 2.45) is 5.41 Å². The van der Waals surface area contributed by atoms with Gasteiger partial charge in [0.15, 0.2) is 0 Å². The first-order valence-corrected chi connectivity index (χ1v) is 6.85. The average Bonchev–Trinajstić information content (AvgIpc) is 2.37. The summed E-state index contributed by atoms with van der Waals surface area (Å²) in [6, 6.07) is 0. The van der Waals surface area contributed by atoms with Gasteiger partial charge in [0.05, 0.1) is 0 Å². The number of nitrogens with one attached hydrogen (secondary N) is 1. The Labute approximate surface area is 104 Å². The molecule has 2 aliphatic rings. The Morgan fingerprint density at radius 2 is 2.24 bits per heavy atom. The first kappa shape index (κ1) is 12.6. The number of hydrogen-bond donors (Lipinski definition) is 1. The second kappa shape index (κ2) is 5.67. The van der Waals surface area contributed by atoms with Gasteiger partial charge in [0, 0.05) is 31.5 Å². The van der Waals surface area contributed by atoms with E-state index in [4.69, 9.17) is 0 Å². The predicted octanol–water partition coefficient (Wildman–Crippen LogP) is 1.94. The summed E-state index contributed by atoms with van der Waals surface area (Å²) in [4.78, 5) is 14.1. The normalized spacial score (nSPS) is 29.3. The van der Waals surface area contributed by atoms with Gasteiger partial charge in [-0.05, 0) is 38.6 Å². The monoisotopic (exact) mass is 236 g/mol. The first-order chi connectivity index (χ1) is 8.26. The highest BCUT2D eigenvalue weighted by Crippen LogP contribution is 2.36. The fourth-order valence-corrected chi connectivity index (χ4v) is 3.18. The molecule has 0 aromatic carbocycles. The van der Waals surface area contributed by atoms with Crippen LogP contribution in [0, 0.1) is 5.41 Å². The van der Waals surface area contributed by atoms with Crippen LogP contribution in [0.1, 0.15) is 38.5 Å². The molecular weight excluding hydrogens is 212 g/mol. The molecule has 1 amide bonds. The lowest BCUT2D eigenvalue weighted by Crippen LogP contribution is -2.52. The zero-order valence-electron chi connectivity index (χ0n) is 10.7. The topological polar surface area (TPSA) is 32.3 Å². The van der Waals surface area contributed by atoms with E-state index >= 15 is 0 Å². The summed E-state index contributed by atoms with van der Waals surface area (Å²) in [5, 5.41) is 3.49. The van der Waals surface area contributed by atoms with Gasteiger partial charge in [-0.25, -0.2) is 0 Å². The van der Waals surface area contributed by atoms with Gasteiger partial charge in [-0.3, -0.25) is 4.79 Å². The number of likely N-dealkylation sites (tertiary alicyclic amines) is 1. The van der Waals surface area contributed by atoms with Gasteiger partial charge in [0.25, 0.3) is 0 Å². The van der Waals surface area contributed by atoms with Gasteiger partial charge in [0.1, 0.15) is 0 Å². The lowest BCUT2D eigenvalue weighted by atomic mass is 9.74. The van der Waals surface area contributed by atoms with Crippen LogP contribution < -0.4 is 5.32 Å². The quantitative estimate of drug-likeness (QED) is 0.760. The minimum absolute atomic E-state index is 0.314. The highest BCUT2D eigenvalue weighted by Gasteiger charge is 2.37. The number of allylic oxidation sites excluding steroid dienone is 1. The van der Waals surface area contributed by atoms with Crippen LogP contribution in [0.4, 0.5) is 0 Å². The van der Waals surface area contributed by atoms with Crippen LogP contribution in [-0.2, 0) is 4.79 Å². The van der Waals surface area contributed by atoms with Crippen molar-refractivity contribution in [1.82, 2.24) is 10.2 Å². The van der Waals surface area contributed by atoms with E-state index in [9.17, 15) is 4.79 Å². The minimum atomic E-state index is 0.314. The lowest BCUT2D eigenvalue weighted by molar-refractivity contribution is -0.135. The summed E-state index contributed by atoms with van der Waals surface area (Å²) in [6.45, 7) is 7.85. The van der Waals surface area contributed by atoms with E-state index in [1.807, 2.05) is 6.08 Å². The van der Waals surface area contributed by atoms with Crippen LogP contribution >= 0.6 is 0 Å². The summed E-state index contributed by atoms with van der Waals surface area (Å²) >= 11 is 0. The third kappa shape index (κ3) is 3.09. The molecule has 2 heterocycles. The van der Waals surface area contributed by atoms with Crippen LogP contribution in [0.25, 0.3) is 0 Å². The molecule has 1 spiro atoms. The van der Waals surface area contributed by atoms with Gasteiger partial charge in [0.2, 0.25) is 5.91 Å². The Bertz CT molecular complexity index is 276. The van der Waals surface area contributed by atoms with E-state index in [-0.39, 0.29) is 0 Å². The number of hydrogen-bond acceptors (Lipinski definition) is 2. The molecule has 17 heavy (non-hydrogen) atoms. The van der Waals surface area contributed by atoms with E-state index in [2.05, 4.69) is 16.8 Å². The van der Waals surface area contributed by atoms with Crippen molar-refractivity contribution < 1.29 is 4.79 Å². The van der Waals surface area contributed by atoms with Crippen molar-refractivity contribution in [2.45, 2.75) is 38.5 Å². The Kier molecular flexibility index (Phi) is 4.21. The third-order valence-corrected chi connectivity index (χ3v) is 4.14. The van der Waals surface area contributed by atoms with E-state index in [0.29, 0.717) is 17.7 Å². The zero-order chi connectivity index (χ0) is 12.1. The molecule has 96 valence electrons. The highest BCUT2D eigenvalue weighted by atomic mass is 16.2. The smallest absolute Gasteiger partial charge is 0.222 e. The summed E-state index contributed by atoms with van der Waals surface area (Å²) in [6.07, 6.45) is 8.26. The number of carbonyl (C=O) groups excluding carboxylic acids is 1. The molecule has 2 rings (SSSR count). The van der Waals surface area contributed by atoms with Crippen molar-refractivity contribution >= 4 is 5.91 Å². The van der Waals surface area contributed by atoms with Crippen LogP contribution in [-0.4, -0.2) is 37.0 Å². The maximum absolute atomic E-state index is 12.0. The van der Waals surface area contributed by atoms with Gasteiger partial charge in [-0.2, -0.15) is 0 Å². The molecule has 0 aliphatic carbocycles. The maximum atomic E-state index is 12.0. The van der Waals surface area contributed by atoms with Gasteiger partial charge in [-0.15, -0.1) is 6.58 Å². The molecule has 0 aromatic heterocycles. The fraction of sp³-hybridized carbons (Fsp3) is 0.786. The number of rotatable bonds is 3. The largest absolute Gasteiger partial charge is 0.342 e. The Morgan fingerprint density at radius 3 is 2.94 bits per heavy atom. The van der Waals surface area contributed by atoms with Crippen LogP contribution in [0.2, 0.25) is 0 Å². The molecular formula is C14H24N2O. The number of amides is 1. The van der Waals surface area contributed by atoms with Crippen LogP contribution in [0.15, 0.2) is 12.7 Å². The van der Waals surface area contributed by atoms with Crippen molar-refractivity contribution in [2.75, 3.05) is 26.2 Å². The van der Waals surface area contributed by atoms with Gasteiger partial charge in [-0.1, -0.05) is 6.08 Å². The first-order valence-electron chi connectivity index (χ1n) is 6.85. The predicted molar refractivity (Wildman–Crippen MR) is 69.8 cm³/mol. The summed E-state index contributed by atoms with van der Waals surface area (Å²) in [5.41, 5.74) is 0.375. The third-order valence-electron chi connectivity index (χ3n) is 4.14. The Hall–Kier alpha value is -0.830. The number of nitrogens with zero attached hydrogens (tertiary/aromatic N) is 1. The van der Waals surface area contributed by atoms with Crippen molar-refractivity contribution in [3.8, 4) is 0 Å². The van der Waals surface area contributed by atoms with E-state index in [0.717, 1.165) is 32.6 Å². The summed E-state index contributed by atoms with van der Waals surface area (Å²) < 4.78 is 0. The SMILES string of the molecule is C=CCCC(=O)N1CCCC2(CCCNC2)C1. The molecule has 0 radical (unpaired) electrons. The average molecular weight is 236 g/mol. The standard InChI is InChI=1S/C14H24N2O/c1-2-3-6-13(17)16-10-5-8-14(12-16)7-4-9-15-11-14/h2,15H,1,3-12H2. The van der Waals surface area contributed by atoms with Crippen LogP contribution in [0.5, 0.6) is 0 Å². The van der Waals surface area contributed by atoms with Gasteiger partial charge >= 0.3 is 0 Å². The molecule has 0 bridgehead atoms. The van der Waals surface area contributed by atoms with Crippen molar-refractivity contribution in [3.05, 3.63) is 12.7 Å². The van der Waals surface area contributed by atoms with Crippen molar-refractivity contribution in [3.63, 3.8) is 0 Å². The molecule has 1 N–H and O–H groups in total. The molecule has 2 fully saturated rings. The Balaban J connectivity index is 1.91. The minimum Gasteiger partial charge on any atom is -0.342 e. The van der Waals surface area contributed by atoms with Gasteiger partial charge < -0.3 is 10.2 Å². The second-order valence-electron chi connectivity index (χ2n) is 5.53. The zero-order valence-corrected chi connectivity index (χ0v) is 10.7. The summed E-state index contributed by atoms with van der Waals surface area (Å²) in [7, 11) is 0. The molecule has 2 aliphatic heterocycles. The summed E-state index contributed by atoms with van der Waals surface area (Å²) in [5.74, 6) is 0.314. The molecule has 0 saturated carbocycles. The highest BCUT2D eigenvalue weighted by molar-refractivity contribution is 5.76. The fourth-order valence-electron chi connectivity index (χ4n) is 3.18. The van der Waals surface area contributed by atoms with E-state index in [1.54, 1.807) is 0 Å². The Morgan fingerprint density at radius 1 is 1.41 bits per heavy atom. The molecule has 3 heteroatoms. The molecule has 3 nitrogen and oxygen atoms in total. The van der Waals surface area contributed by atoms with E-state index in [1.165, 1.54) is 25.7 Å². The lowest BCUT2D eigenvalue weighted by Gasteiger charge is -2.45. The number of piperidine rings is 2. The molecule has 1 atom stereocenters. The van der Waals surface area contributed by atoms with E-state index < -0.39 is 0 Å².